The summed E-state index contributed by atoms with van der Waals surface area (Å²) in [7, 11) is 1.62. The SMILES string of the molecule is CCCCCCCOc1ccc(/C=c2/sc3nc(-c4ccccc4Cl)nn3c2=O)cc1OC. The van der Waals surface area contributed by atoms with Gasteiger partial charge in [-0.25, -0.2) is 0 Å². The molecule has 2 aromatic carbocycles. The zero-order valence-corrected chi connectivity index (χ0v) is 20.3. The maximum atomic E-state index is 12.9. The van der Waals surface area contributed by atoms with Gasteiger partial charge in [-0.2, -0.15) is 9.50 Å². The molecule has 0 atom stereocenters. The molecule has 0 bridgehead atoms. The molecular weight excluding hydrogens is 458 g/mol. The van der Waals surface area contributed by atoms with E-state index in [1.165, 1.54) is 41.5 Å². The number of thiazole rings is 1. The zero-order valence-electron chi connectivity index (χ0n) is 18.7. The summed E-state index contributed by atoms with van der Waals surface area (Å²) < 4.78 is 13.3. The molecule has 0 spiro atoms. The average molecular weight is 484 g/mol. The fourth-order valence-corrected chi connectivity index (χ4v) is 4.65. The molecule has 2 heterocycles. The maximum Gasteiger partial charge on any atom is 0.291 e. The Morgan fingerprint density at radius 2 is 1.91 bits per heavy atom. The lowest BCUT2D eigenvalue weighted by Crippen LogP contribution is -2.23. The Morgan fingerprint density at radius 1 is 1.09 bits per heavy atom. The highest BCUT2D eigenvalue weighted by molar-refractivity contribution is 7.15. The predicted octanol–water partition coefficient (Wildman–Crippen LogP) is 5.38. The Hall–Kier alpha value is -2.90. The minimum Gasteiger partial charge on any atom is -0.493 e. The molecule has 0 unspecified atom stereocenters. The van der Waals surface area contributed by atoms with Crippen molar-refractivity contribution in [3.05, 3.63) is 67.9 Å². The van der Waals surface area contributed by atoms with Crippen LogP contribution in [0.4, 0.5) is 0 Å². The van der Waals surface area contributed by atoms with E-state index in [9.17, 15) is 4.79 Å². The number of halogens is 1. The van der Waals surface area contributed by atoms with Crippen molar-refractivity contribution in [1.82, 2.24) is 14.6 Å². The van der Waals surface area contributed by atoms with Crippen molar-refractivity contribution >= 4 is 34.0 Å². The molecule has 0 fully saturated rings. The van der Waals surface area contributed by atoms with E-state index in [0.717, 1.165) is 12.0 Å². The summed E-state index contributed by atoms with van der Waals surface area (Å²) in [4.78, 5) is 17.9. The smallest absolute Gasteiger partial charge is 0.291 e. The molecule has 0 aliphatic rings. The highest BCUT2D eigenvalue weighted by Crippen LogP contribution is 2.29. The van der Waals surface area contributed by atoms with Gasteiger partial charge in [-0.15, -0.1) is 5.10 Å². The zero-order chi connectivity index (χ0) is 23.2. The van der Waals surface area contributed by atoms with Crippen LogP contribution in [0.15, 0.2) is 47.3 Å². The van der Waals surface area contributed by atoms with E-state index in [2.05, 4.69) is 17.0 Å². The van der Waals surface area contributed by atoms with Crippen LogP contribution in [0.5, 0.6) is 11.5 Å². The Kier molecular flexibility index (Phi) is 7.62. The van der Waals surface area contributed by atoms with Crippen LogP contribution in [0.25, 0.3) is 22.4 Å². The molecule has 172 valence electrons. The number of methoxy groups -OCH3 is 1. The summed E-state index contributed by atoms with van der Waals surface area (Å²) >= 11 is 7.53. The first-order valence-electron chi connectivity index (χ1n) is 11.1. The van der Waals surface area contributed by atoms with Gasteiger partial charge in [0.2, 0.25) is 4.96 Å². The van der Waals surface area contributed by atoms with Gasteiger partial charge in [0.1, 0.15) is 0 Å². The first kappa shape index (κ1) is 23.3. The molecule has 0 radical (unpaired) electrons. The highest BCUT2D eigenvalue weighted by atomic mass is 35.5. The third kappa shape index (κ3) is 5.37. The Bertz CT molecular complexity index is 1350. The molecule has 33 heavy (non-hydrogen) atoms. The lowest BCUT2D eigenvalue weighted by molar-refractivity contribution is 0.285. The van der Waals surface area contributed by atoms with Gasteiger partial charge in [-0.1, -0.05) is 73.7 Å². The summed E-state index contributed by atoms with van der Waals surface area (Å²) in [6, 6.07) is 13.0. The Morgan fingerprint density at radius 3 is 2.67 bits per heavy atom. The fraction of sp³-hybridized carbons (Fsp3) is 0.320. The molecule has 0 N–H and O–H groups in total. The van der Waals surface area contributed by atoms with Gasteiger partial charge in [0.05, 0.1) is 23.3 Å². The number of rotatable bonds is 10. The quantitative estimate of drug-likeness (QED) is 0.283. The van der Waals surface area contributed by atoms with Crippen molar-refractivity contribution in [1.29, 1.82) is 0 Å². The number of nitrogens with zero attached hydrogens (tertiary/aromatic N) is 3. The van der Waals surface area contributed by atoms with Gasteiger partial charge in [-0.3, -0.25) is 4.79 Å². The normalized spacial score (nSPS) is 11.9. The predicted molar refractivity (Wildman–Crippen MR) is 134 cm³/mol. The van der Waals surface area contributed by atoms with Crippen molar-refractivity contribution < 1.29 is 9.47 Å². The van der Waals surface area contributed by atoms with E-state index in [4.69, 9.17) is 21.1 Å². The number of benzene rings is 2. The van der Waals surface area contributed by atoms with E-state index < -0.39 is 0 Å². The van der Waals surface area contributed by atoms with Crippen molar-refractivity contribution in [2.75, 3.05) is 13.7 Å². The van der Waals surface area contributed by atoms with Gasteiger partial charge < -0.3 is 9.47 Å². The summed E-state index contributed by atoms with van der Waals surface area (Å²) in [5.74, 6) is 1.79. The monoisotopic (exact) mass is 483 g/mol. The number of unbranched alkanes of at least 4 members (excludes halogenated alkanes) is 4. The van der Waals surface area contributed by atoms with Crippen molar-refractivity contribution in [3.63, 3.8) is 0 Å². The lowest BCUT2D eigenvalue weighted by Gasteiger charge is -2.11. The number of ether oxygens (including phenoxy) is 2. The average Bonchev–Trinajstić information content (AvgIpc) is 3.36. The third-order valence-electron chi connectivity index (χ3n) is 5.29. The van der Waals surface area contributed by atoms with E-state index in [0.29, 0.717) is 44.0 Å². The van der Waals surface area contributed by atoms with Crippen LogP contribution in [-0.4, -0.2) is 28.3 Å². The second kappa shape index (κ2) is 10.8. The number of hydrogen-bond donors (Lipinski definition) is 0. The molecule has 0 amide bonds. The van der Waals surface area contributed by atoms with Crippen LogP contribution >= 0.6 is 22.9 Å². The van der Waals surface area contributed by atoms with Crippen LogP contribution in [0.1, 0.15) is 44.6 Å². The number of aromatic nitrogens is 3. The van der Waals surface area contributed by atoms with Crippen molar-refractivity contribution in [3.8, 4) is 22.9 Å². The van der Waals surface area contributed by atoms with Gasteiger partial charge >= 0.3 is 0 Å². The van der Waals surface area contributed by atoms with Crippen LogP contribution in [0.3, 0.4) is 0 Å². The number of hydrogen-bond acceptors (Lipinski definition) is 6. The number of fused-ring (bicyclic) bond motifs is 1. The van der Waals surface area contributed by atoms with E-state index >= 15 is 0 Å². The molecule has 2 aromatic heterocycles. The molecular formula is C25H26ClN3O3S. The summed E-state index contributed by atoms with van der Waals surface area (Å²) in [5, 5.41) is 4.91. The minimum atomic E-state index is -0.216. The summed E-state index contributed by atoms with van der Waals surface area (Å²) in [5.41, 5.74) is 1.33. The van der Waals surface area contributed by atoms with Crippen LogP contribution in [0, 0.1) is 0 Å². The Balaban J connectivity index is 1.54. The first-order chi connectivity index (χ1) is 16.1. The fourth-order valence-electron chi connectivity index (χ4n) is 3.52. The molecule has 0 saturated heterocycles. The van der Waals surface area contributed by atoms with E-state index in [1.807, 2.05) is 42.5 Å². The molecule has 4 rings (SSSR count). The largest absolute Gasteiger partial charge is 0.493 e. The molecule has 0 aliphatic carbocycles. The van der Waals surface area contributed by atoms with Crippen LogP contribution < -0.4 is 19.6 Å². The summed E-state index contributed by atoms with van der Waals surface area (Å²) in [6.07, 6.45) is 7.73. The third-order valence-corrected chi connectivity index (χ3v) is 6.58. The maximum absolute atomic E-state index is 12.9. The van der Waals surface area contributed by atoms with Gasteiger partial charge in [0, 0.05) is 5.56 Å². The lowest BCUT2D eigenvalue weighted by atomic mass is 10.1. The van der Waals surface area contributed by atoms with E-state index in [-0.39, 0.29) is 5.56 Å². The first-order valence-corrected chi connectivity index (χ1v) is 12.3. The van der Waals surface area contributed by atoms with Gasteiger partial charge in [0.25, 0.3) is 5.56 Å². The topological polar surface area (TPSA) is 65.7 Å². The van der Waals surface area contributed by atoms with E-state index in [1.54, 1.807) is 13.2 Å². The van der Waals surface area contributed by atoms with Crippen LogP contribution in [-0.2, 0) is 0 Å². The second-order valence-corrected chi connectivity index (χ2v) is 9.11. The molecule has 6 nitrogen and oxygen atoms in total. The van der Waals surface area contributed by atoms with Crippen molar-refractivity contribution in [2.24, 2.45) is 0 Å². The minimum absolute atomic E-state index is 0.216. The van der Waals surface area contributed by atoms with Gasteiger partial charge in [0.15, 0.2) is 17.3 Å². The molecule has 4 aromatic rings. The Labute approximate surface area is 201 Å². The van der Waals surface area contributed by atoms with Gasteiger partial charge in [-0.05, 0) is 42.3 Å². The molecule has 0 aliphatic heterocycles. The highest BCUT2D eigenvalue weighted by Gasteiger charge is 2.14. The second-order valence-electron chi connectivity index (χ2n) is 7.70. The van der Waals surface area contributed by atoms with Crippen LogP contribution in [0.2, 0.25) is 5.02 Å². The molecule has 0 saturated carbocycles. The molecule has 8 heteroatoms. The summed E-state index contributed by atoms with van der Waals surface area (Å²) in [6.45, 7) is 2.87. The van der Waals surface area contributed by atoms with Crippen molar-refractivity contribution in [2.45, 2.75) is 39.0 Å². The standard InChI is InChI=1S/C25H26ClN3O3S/c1-3-4-5-6-9-14-32-20-13-12-17(15-21(20)31-2)16-22-24(30)29-25(33-22)27-23(28-29)18-10-7-8-11-19(18)26/h7-8,10-13,15-16H,3-6,9,14H2,1-2H3/b22-16+.